The summed E-state index contributed by atoms with van der Waals surface area (Å²) in [5, 5.41) is 18.8. The van der Waals surface area contributed by atoms with Crippen molar-refractivity contribution in [2.45, 2.75) is 5.92 Å². The Morgan fingerprint density at radius 3 is 2.56 bits per heavy atom. The number of hydrogen-bond acceptors (Lipinski definition) is 3. The van der Waals surface area contributed by atoms with Crippen LogP contribution in [0.5, 0.6) is 17.2 Å². The maximum Gasteiger partial charge on any atom is 0.315 e. The van der Waals surface area contributed by atoms with Gasteiger partial charge in [0.2, 0.25) is 0 Å². The molecule has 90 valence electrons. The van der Waals surface area contributed by atoms with E-state index < -0.39 is 11.9 Å². The van der Waals surface area contributed by atoms with Crippen LogP contribution in [-0.4, -0.2) is 16.2 Å². The topological polar surface area (TPSA) is 66.8 Å². The number of fused-ring (bicyclic) bond motifs is 2. The third kappa shape index (κ3) is 1.50. The molecule has 2 N–H and O–H groups in total. The number of benzene rings is 2. The highest BCUT2D eigenvalue weighted by atomic mass is 16.5. The predicted octanol–water partition coefficient (Wildman–Crippen LogP) is 2.71. The molecule has 18 heavy (non-hydrogen) atoms. The highest BCUT2D eigenvalue weighted by molar-refractivity contribution is 5.84. The lowest BCUT2D eigenvalue weighted by Crippen LogP contribution is -2.18. The summed E-state index contributed by atoms with van der Waals surface area (Å²) in [5.74, 6) is -0.732. The molecule has 0 saturated heterocycles. The molecule has 4 nitrogen and oxygen atoms in total. The molecule has 3 rings (SSSR count). The molecular formula is C14H10O4. The quantitative estimate of drug-likeness (QED) is 0.806. The van der Waals surface area contributed by atoms with Gasteiger partial charge in [-0.2, -0.15) is 0 Å². The normalized spacial score (nSPS) is 16.3. The van der Waals surface area contributed by atoms with Gasteiger partial charge >= 0.3 is 5.97 Å². The monoisotopic (exact) mass is 242 g/mol. The van der Waals surface area contributed by atoms with Gasteiger partial charge in [-0.15, -0.1) is 0 Å². The number of ether oxygens (including phenoxy) is 1. The average molecular weight is 242 g/mol. The Labute approximate surface area is 103 Å². The summed E-state index contributed by atoms with van der Waals surface area (Å²) in [6.45, 7) is 0. The molecule has 0 bridgehead atoms. The summed E-state index contributed by atoms with van der Waals surface area (Å²) in [6.07, 6.45) is 0. The summed E-state index contributed by atoms with van der Waals surface area (Å²) >= 11 is 0. The molecule has 0 aromatic heterocycles. The molecule has 2 aromatic rings. The molecular weight excluding hydrogens is 232 g/mol. The Hall–Kier alpha value is -2.49. The van der Waals surface area contributed by atoms with Gasteiger partial charge in [0.05, 0.1) is 0 Å². The Bertz CT molecular complexity index is 633. The second-order valence-electron chi connectivity index (χ2n) is 4.13. The van der Waals surface area contributed by atoms with E-state index in [0.717, 1.165) is 0 Å². The average Bonchev–Trinajstić information content (AvgIpc) is 2.35. The number of aromatic hydroxyl groups is 1. The predicted molar refractivity (Wildman–Crippen MR) is 64.1 cm³/mol. The number of phenolic OH excluding ortho intramolecular Hbond substituents is 1. The summed E-state index contributed by atoms with van der Waals surface area (Å²) in [6, 6.07) is 11.5. The first kappa shape index (κ1) is 10.7. The van der Waals surface area contributed by atoms with E-state index in [9.17, 15) is 15.0 Å². The van der Waals surface area contributed by atoms with Gasteiger partial charge in [-0.05, 0) is 12.1 Å². The number of aliphatic carboxylic acids is 1. The Kier molecular flexibility index (Phi) is 2.23. The highest BCUT2D eigenvalue weighted by Crippen LogP contribution is 2.45. The second kappa shape index (κ2) is 3.77. The zero-order chi connectivity index (χ0) is 12.7. The highest BCUT2D eigenvalue weighted by Gasteiger charge is 2.32. The van der Waals surface area contributed by atoms with Crippen LogP contribution in [0.3, 0.4) is 0 Å². The van der Waals surface area contributed by atoms with Gasteiger partial charge in [0, 0.05) is 17.2 Å². The maximum atomic E-state index is 11.4. The zero-order valence-electron chi connectivity index (χ0n) is 9.33. The van der Waals surface area contributed by atoms with Gasteiger partial charge in [0.1, 0.15) is 23.2 Å². The molecule has 4 heteroatoms. The van der Waals surface area contributed by atoms with Crippen LogP contribution in [0, 0.1) is 0 Å². The van der Waals surface area contributed by atoms with E-state index in [1.807, 2.05) is 0 Å². The Morgan fingerprint density at radius 2 is 1.78 bits per heavy atom. The summed E-state index contributed by atoms with van der Waals surface area (Å²) in [4.78, 5) is 11.4. The van der Waals surface area contributed by atoms with Crippen molar-refractivity contribution >= 4 is 5.97 Å². The van der Waals surface area contributed by atoms with E-state index in [1.165, 1.54) is 12.1 Å². The molecule has 2 aromatic carbocycles. The van der Waals surface area contributed by atoms with E-state index in [2.05, 4.69) is 0 Å². The first-order valence-corrected chi connectivity index (χ1v) is 5.49. The van der Waals surface area contributed by atoms with E-state index in [1.54, 1.807) is 30.3 Å². The van der Waals surface area contributed by atoms with Gasteiger partial charge in [0.15, 0.2) is 0 Å². The number of rotatable bonds is 1. The van der Waals surface area contributed by atoms with Crippen LogP contribution in [-0.2, 0) is 4.79 Å². The number of hydrogen-bond donors (Lipinski definition) is 2. The van der Waals surface area contributed by atoms with Gasteiger partial charge in [-0.1, -0.05) is 24.3 Å². The van der Waals surface area contributed by atoms with Crippen molar-refractivity contribution < 1.29 is 19.7 Å². The Balaban J connectivity index is 2.23. The smallest absolute Gasteiger partial charge is 0.315 e. The van der Waals surface area contributed by atoms with E-state index in [0.29, 0.717) is 22.6 Å². The number of carboxylic acids is 1. The van der Waals surface area contributed by atoms with Crippen LogP contribution in [0.25, 0.3) is 0 Å². The van der Waals surface area contributed by atoms with Gasteiger partial charge in [-0.3, -0.25) is 4.79 Å². The van der Waals surface area contributed by atoms with Gasteiger partial charge < -0.3 is 14.9 Å². The molecule has 0 amide bonds. The molecule has 1 aliphatic heterocycles. The van der Waals surface area contributed by atoms with E-state index >= 15 is 0 Å². The van der Waals surface area contributed by atoms with Crippen LogP contribution in [0.1, 0.15) is 17.0 Å². The number of phenols is 1. The largest absolute Gasteiger partial charge is 0.508 e. The van der Waals surface area contributed by atoms with Gasteiger partial charge in [0.25, 0.3) is 0 Å². The van der Waals surface area contributed by atoms with Crippen molar-refractivity contribution in [1.82, 2.24) is 0 Å². The van der Waals surface area contributed by atoms with Crippen molar-refractivity contribution in [3.05, 3.63) is 53.6 Å². The van der Waals surface area contributed by atoms with Crippen molar-refractivity contribution in [1.29, 1.82) is 0 Å². The zero-order valence-corrected chi connectivity index (χ0v) is 9.33. The second-order valence-corrected chi connectivity index (χ2v) is 4.13. The molecule has 0 saturated carbocycles. The third-order valence-corrected chi connectivity index (χ3v) is 3.01. The number of para-hydroxylation sites is 1. The molecule has 1 aliphatic rings. The van der Waals surface area contributed by atoms with Crippen molar-refractivity contribution in [2.24, 2.45) is 0 Å². The van der Waals surface area contributed by atoms with Crippen LogP contribution in [0.15, 0.2) is 42.5 Å². The Morgan fingerprint density at radius 1 is 1.06 bits per heavy atom. The van der Waals surface area contributed by atoms with Gasteiger partial charge in [-0.25, -0.2) is 0 Å². The first-order chi connectivity index (χ1) is 8.66. The minimum atomic E-state index is -0.933. The summed E-state index contributed by atoms with van der Waals surface area (Å²) in [5.41, 5.74) is 1.18. The SMILES string of the molecule is O=C(O)C1c2ccccc2Oc2cc(O)ccc21. The van der Waals surface area contributed by atoms with Crippen molar-refractivity contribution in [2.75, 3.05) is 0 Å². The maximum absolute atomic E-state index is 11.4. The minimum absolute atomic E-state index is 0.0530. The lowest BCUT2D eigenvalue weighted by molar-refractivity contribution is -0.137. The van der Waals surface area contributed by atoms with E-state index in [-0.39, 0.29) is 5.75 Å². The first-order valence-electron chi connectivity index (χ1n) is 5.49. The molecule has 0 fully saturated rings. The lowest BCUT2D eigenvalue weighted by Gasteiger charge is -2.25. The summed E-state index contributed by atoms with van der Waals surface area (Å²) in [7, 11) is 0. The number of carbonyl (C=O) groups is 1. The van der Waals surface area contributed by atoms with Crippen molar-refractivity contribution in [3.63, 3.8) is 0 Å². The van der Waals surface area contributed by atoms with Crippen LogP contribution >= 0.6 is 0 Å². The fourth-order valence-electron chi connectivity index (χ4n) is 2.21. The third-order valence-electron chi connectivity index (χ3n) is 3.01. The standard InChI is InChI=1S/C14H10O4/c15-8-5-6-10-12(7-8)18-11-4-2-1-3-9(11)13(10)14(16)17/h1-7,13,15H,(H,16,17). The molecule has 0 radical (unpaired) electrons. The molecule has 1 unspecified atom stereocenters. The fraction of sp³-hybridized carbons (Fsp3) is 0.0714. The molecule has 0 aliphatic carbocycles. The fourth-order valence-corrected chi connectivity index (χ4v) is 2.21. The van der Waals surface area contributed by atoms with E-state index in [4.69, 9.17) is 4.74 Å². The van der Waals surface area contributed by atoms with Crippen LogP contribution in [0.4, 0.5) is 0 Å². The molecule has 1 heterocycles. The van der Waals surface area contributed by atoms with Crippen LogP contribution in [0.2, 0.25) is 0 Å². The number of carboxylic acid groups (broad SMARTS) is 1. The minimum Gasteiger partial charge on any atom is -0.508 e. The van der Waals surface area contributed by atoms with Crippen molar-refractivity contribution in [3.8, 4) is 17.2 Å². The summed E-state index contributed by atoms with van der Waals surface area (Å²) < 4.78 is 5.62. The molecule has 1 atom stereocenters. The van der Waals surface area contributed by atoms with Crippen LogP contribution < -0.4 is 4.74 Å². The lowest BCUT2D eigenvalue weighted by atomic mass is 9.88. The molecule has 0 spiro atoms.